The first-order valence-corrected chi connectivity index (χ1v) is 3.17. The highest BCUT2D eigenvalue weighted by Gasteiger charge is 2.19. The van der Waals surface area contributed by atoms with E-state index in [0.29, 0.717) is 6.10 Å². The van der Waals surface area contributed by atoms with Gasteiger partial charge in [-0.25, -0.2) is 0 Å². The highest BCUT2D eigenvalue weighted by Crippen LogP contribution is 2.05. The lowest BCUT2D eigenvalue weighted by Gasteiger charge is -1.70. The molecule has 0 amide bonds. The molecule has 2 fully saturated rings. The van der Waals surface area contributed by atoms with Crippen LogP contribution in [-0.4, -0.2) is 37.1 Å². The van der Waals surface area contributed by atoms with Gasteiger partial charge in [0, 0.05) is 0 Å². The van der Waals surface area contributed by atoms with Gasteiger partial charge in [-0.15, -0.1) is 0 Å². The molecule has 3 nitrogen and oxygen atoms in total. The van der Waals surface area contributed by atoms with Crippen LogP contribution in [-0.2, 0) is 9.47 Å². The lowest BCUT2D eigenvalue weighted by Crippen LogP contribution is -1.88. The summed E-state index contributed by atoms with van der Waals surface area (Å²) >= 11 is 0. The maximum atomic E-state index is 8.08. The summed E-state index contributed by atoms with van der Waals surface area (Å²) in [6.07, 6.45) is 0.773. The number of aliphatic hydroxyl groups is 1. The normalized spacial score (nSPS) is 36.7. The Hall–Kier alpha value is -0.120. The van der Waals surface area contributed by atoms with E-state index in [2.05, 4.69) is 11.7 Å². The average molecular weight is 132 g/mol. The zero-order valence-electron chi connectivity index (χ0n) is 5.54. The Balaban J connectivity index is 0.0000000922. The smallest absolute Gasteiger partial charge is 0.104 e. The van der Waals surface area contributed by atoms with Crippen molar-refractivity contribution in [2.45, 2.75) is 19.1 Å². The van der Waals surface area contributed by atoms with E-state index in [1.54, 1.807) is 0 Å². The van der Waals surface area contributed by atoms with Crippen LogP contribution in [0, 0.1) is 0 Å². The molecule has 0 aromatic heterocycles. The molecule has 2 heterocycles. The van der Waals surface area contributed by atoms with Crippen LogP contribution < -0.4 is 0 Å². The summed E-state index contributed by atoms with van der Waals surface area (Å²) in [5.74, 6) is 0. The summed E-state index contributed by atoms with van der Waals surface area (Å²) in [4.78, 5) is 0. The van der Waals surface area contributed by atoms with Gasteiger partial charge in [0.1, 0.15) is 6.10 Å². The quantitative estimate of drug-likeness (QED) is 0.502. The zero-order chi connectivity index (χ0) is 6.69. The maximum Gasteiger partial charge on any atom is 0.104 e. The molecule has 0 aromatic rings. The summed E-state index contributed by atoms with van der Waals surface area (Å²) < 4.78 is 9.32. The Kier molecular flexibility index (Phi) is 2.45. The Morgan fingerprint density at radius 2 is 1.89 bits per heavy atom. The van der Waals surface area contributed by atoms with Crippen molar-refractivity contribution in [1.29, 1.82) is 0 Å². The van der Waals surface area contributed by atoms with Crippen LogP contribution in [0.3, 0.4) is 0 Å². The SMILES string of the molecule is CC1CO1.OCC1CO1. The maximum absolute atomic E-state index is 8.08. The first-order valence-electron chi connectivity index (χ1n) is 3.17. The molecule has 54 valence electrons. The second-order valence-corrected chi connectivity index (χ2v) is 2.28. The standard InChI is InChI=1S/C3H6O2.C3H6O/c4-1-3-2-5-3;1-3-2-4-3/h3-4H,1-2H2;3H,2H2,1H3. The number of ether oxygens (including phenoxy) is 2. The van der Waals surface area contributed by atoms with E-state index in [-0.39, 0.29) is 12.7 Å². The fourth-order valence-electron chi connectivity index (χ4n) is 0.270. The van der Waals surface area contributed by atoms with Gasteiger partial charge >= 0.3 is 0 Å². The molecule has 1 N–H and O–H groups in total. The predicted molar refractivity (Wildman–Crippen MR) is 32.2 cm³/mol. The van der Waals surface area contributed by atoms with Crippen molar-refractivity contribution in [1.82, 2.24) is 0 Å². The summed E-state index contributed by atoms with van der Waals surface area (Å²) in [5, 5.41) is 8.08. The highest BCUT2D eigenvalue weighted by molar-refractivity contribution is 4.65. The summed E-state index contributed by atoms with van der Waals surface area (Å²) in [6, 6.07) is 0. The topological polar surface area (TPSA) is 45.3 Å². The molecule has 0 aromatic carbocycles. The zero-order valence-corrected chi connectivity index (χ0v) is 5.54. The van der Waals surface area contributed by atoms with E-state index < -0.39 is 0 Å². The second kappa shape index (κ2) is 3.15. The molecule has 2 rings (SSSR count). The molecule has 0 spiro atoms. The van der Waals surface area contributed by atoms with Crippen molar-refractivity contribution in [2.24, 2.45) is 0 Å². The molecule has 3 heteroatoms. The first-order chi connectivity index (χ1) is 4.33. The van der Waals surface area contributed by atoms with E-state index in [4.69, 9.17) is 9.84 Å². The van der Waals surface area contributed by atoms with E-state index in [0.717, 1.165) is 13.2 Å². The summed E-state index contributed by atoms with van der Waals surface area (Å²) in [7, 11) is 0. The number of aliphatic hydroxyl groups excluding tert-OH is 1. The van der Waals surface area contributed by atoms with E-state index in [1.165, 1.54) is 0 Å². The number of epoxide rings is 2. The molecule has 2 atom stereocenters. The minimum Gasteiger partial charge on any atom is -0.394 e. The molecule has 9 heavy (non-hydrogen) atoms. The largest absolute Gasteiger partial charge is 0.394 e. The molecule has 2 aliphatic rings. The van der Waals surface area contributed by atoms with Gasteiger partial charge in [0.15, 0.2) is 0 Å². The third-order valence-corrected chi connectivity index (χ3v) is 1.11. The lowest BCUT2D eigenvalue weighted by atomic mass is 10.5. The fraction of sp³-hybridized carbons (Fsp3) is 1.00. The van der Waals surface area contributed by atoms with Crippen LogP contribution in [0.4, 0.5) is 0 Å². The number of rotatable bonds is 1. The highest BCUT2D eigenvalue weighted by atomic mass is 16.6. The second-order valence-electron chi connectivity index (χ2n) is 2.28. The van der Waals surface area contributed by atoms with Gasteiger partial charge in [-0.05, 0) is 6.92 Å². The van der Waals surface area contributed by atoms with Crippen molar-refractivity contribution in [3.63, 3.8) is 0 Å². The number of hydrogen-bond acceptors (Lipinski definition) is 3. The third kappa shape index (κ3) is 4.39. The summed E-state index contributed by atoms with van der Waals surface area (Å²) in [5.41, 5.74) is 0. The van der Waals surface area contributed by atoms with Gasteiger partial charge in [-0.2, -0.15) is 0 Å². The van der Waals surface area contributed by atoms with Crippen molar-refractivity contribution in [3.8, 4) is 0 Å². The van der Waals surface area contributed by atoms with E-state index >= 15 is 0 Å². The average Bonchev–Trinajstić information content (AvgIpc) is 2.57. The minimum absolute atomic E-state index is 0.190. The third-order valence-electron chi connectivity index (χ3n) is 1.11. The molecule has 2 unspecified atom stereocenters. The summed E-state index contributed by atoms with van der Waals surface area (Å²) in [6.45, 7) is 4.00. The van der Waals surface area contributed by atoms with Crippen LogP contribution in [0.2, 0.25) is 0 Å². The van der Waals surface area contributed by atoms with Gasteiger partial charge < -0.3 is 14.6 Å². The fourth-order valence-corrected chi connectivity index (χ4v) is 0.270. The van der Waals surface area contributed by atoms with Crippen LogP contribution in [0.15, 0.2) is 0 Å². The molecule has 0 aliphatic carbocycles. The van der Waals surface area contributed by atoms with Crippen LogP contribution in [0.1, 0.15) is 6.92 Å². The van der Waals surface area contributed by atoms with Crippen molar-refractivity contribution in [3.05, 3.63) is 0 Å². The van der Waals surface area contributed by atoms with E-state index in [1.807, 2.05) is 0 Å². The first kappa shape index (κ1) is 6.99. The molecule has 2 saturated heterocycles. The van der Waals surface area contributed by atoms with Gasteiger partial charge in [0.05, 0.1) is 25.9 Å². The van der Waals surface area contributed by atoms with Crippen molar-refractivity contribution >= 4 is 0 Å². The molecule has 0 saturated carbocycles. The molecular formula is C6H12O3. The Morgan fingerprint density at radius 1 is 1.44 bits per heavy atom. The van der Waals surface area contributed by atoms with Gasteiger partial charge in [-0.1, -0.05) is 0 Å². The van der Waals surface area contributed by atoms with Gasteiger partial charge in [0.25, 0.3) is 0 Å². The van der Waals surface area contributed by atoms with Crippen LogP contribution in [0.25, 0.3) is 0 Å². The van der Waals surface area contributed by atoms with Gasteiger partial charge in [-0.3, -0.25) is 0 Å². The van der Waals surface area contributed by atoms with Crippen LogP contribution >= 0.6 is 0 Å². The van der Waals surface area contributed by atoms with Crippen molar-refractivity contribution in [2.75, 3.05) is 19.8 Å². The number of hydrogen-bond donors (Lipinski definition) is 1. The minimum atomic E-state index is 0.190. The van der Waals surface area contributed by atoms with Gasteiger partial charge in [0.2, 0.25) is 0 Å². The van der Waals surface area contributed by atoms with E-state index in [9.17, 15) is 0 Å². The Morgan fingerprint density at radius 3 is 1.89 bits per heavy atom. The van der Waals surface area contributed by atoms with Crippen LogP contribution in [0.5, 0.6) is 0 Å². The monoisotopic (exact) mass is 132 g/mol. The Bertz CT molecular complexity index is 76.4. The Labute approximate surface area is 54.6 Å². The predicted octanol–water partition coefficient (Wildman–Crippen LogP) is -0.217. The lowest BCUT2D eigenvalue weighted by molar-refractivity contribution is 0.244. The molecular weight excluding hydrogens is 120 g/mol. The molecule has 0 radical (unpaired) electrons. The van der Waals surface area contributed by atoms with Crippen molar-refractivity contribution < 1.29 is 14.6 Å². The molecule has 2 aliphatic heterocycles. The molecule has 0 bridgehead atoms.